The lowest BCUT2D eigenvalue weighted by Gasteiger charge is -2.29. The zero-order chi connectivity index (χ0) is 21.0. The SMILES string of the molecule is O=C(CCc1ccc(S(=O)(=O)N2CCCCCC2)cc1)N1CCSc2ccccc21. The smallest absolute Gasteiger partial charge is 0.243 e. The third-order valence-electron chi connectivity index (χ3n) is 5.78. The summed E-state index contributed by atoms with van der Waals surface area (Å²) in [6.07, 6.45) is 5.07. The van der Waals surface area contributed by atoms with Gasteiger partial charge in [0.05, 0.1) is 10.6 Å². The summed E-state index contributed by atoms with van der Waals surface area (Å²) in [6, 6.07) is 15.1. The minimum absolute atomic E-state index is 0.115. The van der Waals surface area contributed by atoms with E-state index in [1.54, 1.807) is 28.2 Å². The molecule has 1 saturated heterocycles. The Morgan fingerprint density at radius 3 is 2.33 bits per heavy atom. The molecule has 0 N–H and O–H groups in total. The summed E-state index contributed by atoms with van der Waals surface area (Å²) in [5.74, 6) is 1.02. The average molecular weight is 445 g/mol. The summed E-state index contributed by atoms with van der Waals surface area (Å²) >= 11 is 1.79. The lowest BCUT2D eigenvalue weighted by Crippen LogP contribution is -2.35. The molecule has 0 atom stereocenters. The van der Waals surface area contributed by atoms with Gasteiger partial charge in [-0.15, -0.1) is 11.8 Å². The normalized spacial score (nSPS) is 17.9. The Kier molecular flexibility index (Phi) is 6.80. The molecule has 4 rings (SSSR count). The van der Waals surface area contributed by atoms with Gasteiger partial charge in [-0.2, -0.15) is 4.31 Å². The third-order valence-corrected chi connectivity index (χ3v) is 8.74. The molecule has 0 aliphatic carbocycles. The van der Waals surface area contributed by atoms with Crippen LogP contribution >= 0.6 is 11.8 Å². The molecule has 30 heavy (non-hydrogen) atoms. The first-order valence-electron chi connectivity index (χ1n) is 10.7. The minimum Gasteiger partial charge on any atom is -0.310 e. The molecule has 0 saturated carbocycles. The van der Waals surface area contributed by atoms with Crippen LogP contribution in [0.5, 0.6) is 0 Å². The van der Waals surface area contributed by atoms with Crippen molar-refractivity contribution in [3.63, 3.8) is 0 Å². The van der Waals surface area contributed by atoms with E-state index in [1.807, 2.05) is 35.2 Å². The molecular weight excluding hydrogens is 416 g/mol. The van der Waals surface area contributed by atoms with Crippen LogP contribution in [0.1, 0.15) is 37.7 Å². The van der Waals surface area contributed by atoms with E-state index in [9.17, 15) is 13.2 Å². The molecule has 5 nitrogen and oxygen atoms in total. The first kappa shape index (κ1) is 21.4. The summed E-state index contributed by atoms with van der Waals surface area (Å²) in [6.45, 7) is 1.94. The lowest BCUT2D eigenvalue weighted by atomic mass is 10.1. The first-order chi connectivity index (χ1) is 14.6. The van der Waals surface area contributed by atoms with Gasteiger partial charge in [-0.05, 0) is 49.1 Å². The van der Waals surface area contributed by atoms with Crippen molar-refractivity contribution in [1.29, 1.82) is 0 Å². The molecule has 1 amide bonds. The van der Waals surface area contributed by atoms with Crippen molar-refractivity contribution >= 4 is 33.4 Å². The molecule has 2 heterocycles. The Bertz CT molecular complexity index is 982. The molecule has 0 unspecified atom stereocenters. The number of fused-ring (bicyclic) bond motifs is 1. The van der Waals surface area contributed by atoms with Gasteiger partial charge in [0, 0.05) is 36.7 Å². The fourth-order valence-corrected chi connectivity index (χ4v) is 6.59. The van der Waals surface area contributed by atoms with E-state index in [-0.39, 0.29) is 5.91 Å². The number of carbonyl (C=O) groups is 1. The minimum atomic E-state index is -3.43. The van der Waals surface area contributed by atoms with Crippen molar-refractivity contribution in [3.05, 3.63) is 54.1 Å². The van der Waals surface area contributed by atoms with Crippen LogP contribution in [-0.4, -0.2) is 44.0 Å². The zero-order valence-corrected chi connectivity index (χ0v) is 18.8. The number of sulfonamides is 1. The van der Waals surface area contributed by atoms with Crippen LogP contribution in [0, 0.1) is 0 Å². The largest absolute Gasteiger partial charge is 0.310 e. The number of amides is 1. The number of benzene rings is 2. The summed E-state index contributed by atoms with van der Waals surface area (Å²) in [5.41, 5.74) is 1.98. The molecular formula is C23H28N2O3S2. The number of anilines is 1. The van der Waals surface area contributed by atoms with E-state index >= 15 is 0 Å². The van der Waals surface area contributed by atoms with Crippen molar-refractivity contribution in [3.8, 4) is 0 Å². The standard InChI is InChI=1S/C23H28N2O3S2/c26-23(25-17-18-29-22-8-4-3-7-21(22)25)14-11-19-9-12-20(13-10-19)30(27,28)24-15-5-1-2-6-16-24/h3-4,7-10,12-13H,1-2,5-6,11,14-18H2. The van der Waals surface area contributed by atoms with Crippen LogP contribution < -0.4 is 4.90 Å². The second-order valence-corrected chi connectivity index (χ2v) is 10.9. The Morgan fingerprint density at radius 1 is 0.900 bits per heavy atom. The second kappa shape index (κ2) is 9.54. The Morgan fingerprint density at radius 2 is 1.60 bits per heavy atom. The van der Waals surface area contributed by atoms with Crippen molar-refractivity contribution in [1.82, 2.24) is 4.31 Å². The molecule has 0 radical (unpaired) electrons. The zero-order valence-electron chi connectivity index (χ0n) is 17.1. The Labute approximate surface area is 183 Å². The van der Waals surface area contributed by atoms with Gasteiger partial charge in [0.2, 0.25) is 15.9 Å². The number of thioether (sulfide) groups is 1. The topological polar surface area (TPSA) is 57.7 Å². The van der Waals surface area contributed by atoms with Crippen LogP contribution in [-0.2, 0) is 21.2 Å². The summed E-state index contributed by atoms with van der Waals surface area (Å²) < 4.78 is 27.4. The number of rotatable bonds is 5. The van der Waals surface area contributed by atoms with Crippen molar-refractivity contribution in [2.24, 2.45) is 0 Å². The van der Waals surface area contributed by atoms with Crippen LogP contribution in [0.15, 0.2) is 58.3 Å². The number of hydrogen-bond acceptors (Lipinski definition) is 4. The molecule has 2 aliphatic rings. The van der Waals surface area contributed by atoms with Crippen molar-refractivity contribution < 1.29 is 13.2 Å². The highest BCUT2D eigenvalue weighted by Crippen LogP contribution is 2.34. The number of aryl methyl sites for hydroxylation is 1. The van der Waals surface area contributed by atoms with Gasteiger partial charge in [-0.1, -0.05) is 37.1 Å². The second-order valence-electron chi connectivity index (χ2n) is 7.82. The van der Waals surface area contributed by atoms with Gasteiger partial charge in [0.15, 0.2) is 0 Å². The average Bonchev–Trinajstić information content (AvgIpc) is 3.08. The van der Waals surface area contributed by atoms with Crippen molar-refractivity contribution in [2.45, 2.75) is 48.3 Å². The molecule has 2 aromatic carbocycles. The molecule has 2 aromatic rings. The van der Waals surface area contributed by atoms with Crippen LogP contribution in [0.25, 0.3) is 0 Å². The molecule has 0 bridgehead atoms. The number of nitrogens with zero attached hydrogens (tertiary/aromatic N) is 2. The highest BCUT2D eigenvalue weighted by atomic mass is 32.2. The quantitative estimate of drug-likeness (QED) is 0.689. The highest BCUT2D eigenvalue weighted by molar-refractivity contribution is 7.99. The number of hydrogen-bond donors (Lipinski definition) is 0. The predicted octanol–water partition coefficient (Wildman–Crippen LogP) is 4.32. The van der Waals surface area contributed by atoms with Gasteiger partial charge < -0.3 is 4.90 Å². The lowest BCUT2D eigenvalue weighted by molar-refractivity contribution is -0.118. The van der Waals surface area contributed by atoms with E-state index in [0.717, 1.165) is 54.1 Å². The predicted molar refractivity (Wildman–Crippen MR) is 122 cm³/mol. The van der Waals surface area contributed by atoms with Gasteiger partial charge in [-0.3, -0.25) is 4.79 Å². The van der Waals surface area contributed by atoms with E-state index in [0.29, 0.717) is 30.8 Å². The van der Waals surface area contributed by atoms with Gasteiger partial charge >= 0.3 is 0 Å². The van der Waals surface area contributed by atoms with Crippen LogP contribution in [0.3, 0.4) is 0 Å². The first-order valence-corrected chi connectivity index (χ1v) is 13.1. The summed E-state index contributed by atoms with van der Waals surface area (Å²) in [4.78, 5) is 16.2. The monoisotopic (exact) mass is 444 g/mol. The van der Waals surface area contributed by atoms with E-state index in [4.69, 9.17) is 0 Å². The molecule has 2 aliphatic heterocycles. The third kappa shape index (κ3) is 4.74. The molecule has 0 spiro atoms. The fraction of sp³-hybridized carbons (Fsp3) is 0.435. The van der Waals surface area contributed by atoms with Gasteiger partial charge in [0.1, 0.15) is 0 Å². The van der Waals surface area contributed by atoms with Gasteiger partial charge in [-0.25, -0.2) is 8.42 Å². The Hall–Kier alpha value is -1.83. The van der Waals surface area contributed by atoms with Crippen molar-refractivity contribution in [2.75, 3.05) is 30.3 Å². The fourth-order valence-electron chi connectivity index (χ4n) is 4.07. The van der Waals surface area contributed by atoms with E-state index in [2.05, 4.69) is 6.07 Å². The number of para-hydroxylation sites is 1. The molecule has 7 heteroatoms. The maximum Gasteiger partial charge on any atom is 0.243 e. The van der Waals surface area contributed by atoms with Crippen LogP contribution in [0.4, 0.5) is 5.69 Å². The summed E-state index contributed by atoms with van der Waals surface area (Å²) in [5, 5.41) is 0. The van der Waals surface area contributed by atoms with Crippen LogP contribution in [0.2, 0.25) is 0 Å². The molecule has 0 aromatic heterocycles. The number of carbonyl (C=O) groups excluding carboxylic acids is 1. The maximum absolute atomic E-state index is 12.9. The summed E-state index contributed by atoms with van der Waals surface area (Å²) in [7, 11) is -3.43. The highest BCUT2D eigenvalue weighted by Gasteiger charge is 2.25. The molecule has 1 fully saturated rings. The maximum atomic E-state index is 12.9. The Balaban J connectivity index is 1.39. The molecule has 160 valence electrons. The van der Waals surface area contributed by atoms with E-state index in [1.165, 1.54) is 0 Å². The van der Waals surface area contributed by atoms with Gasteiger partial charge in [0.25, 0.3) is 0 Å². The van der Waals surface area contributed by atoms with E-state index < -0.39 is 10.0 Å².